The molecule has 0 aliphatic carbocycles. The molecule has 0 bridgehead atoms. The van der Waals surface area contributed by atoms with Gasteiger partial charge in [-0.2, -0.15) is 0 Å². The Hall–Kier alpha value is -3.44. The molecule has 4 rings (SSSR count). The van der Waals surface area contributed by atoms with Crippen LogP contribution in [-0.4, -0.2) is 11.0 Å². The molecule has 0 aliphatic rings. The van der Waals surface area contributed by atoms with Gasteiger partial charge in [0.15, 0.2) is 5.43 Å². The Kier molecular flexibility index (Phi) is 4.44. The zero-order chi connectivity index (χ0) is 18.8. The molecule has 2 aromatic heterocycles. The Morgan fingerprint density at radius 3 is 2.44 bits per heavy atom. The van der Waals surface area contributed by atoms with E-state index in [1.807, 2.05) is 0 Å². The zero-order valence-corrected chi connectivity index (χ0v) is 14.6. The van der Waals surface area contributed by atoms with Gasteiger partial charge in [0, 0.05) is 29.0 Å². The minimum absolute atomic E-state index is 0.233. The summed E-state index contributed by atoms with van der Waals surface area (Å²) >= 11 is 5.89. The lowest BCUT2D eigenvalue weighted by Gasteiger charge is -2.07. The normalized spacial score (nSPS) is 10.7. The van der Waals surface area contributed by atoms with Gasteiger partial charge in [-0.15, -0.1) is 0 Å². The second-order valence-electron chi connectivity index (χ2n) is 5.77. The number of hydrogen-bond acceptors (Lipinski definition) is 5. The van der Waals surface area contributed by atoms with Crippen molar-refractivity contribution in [2.75, 3.05) is 0 Å². The fourth-order valence-corrected chi connectivity index (χ4v) is 2.74. The highest BCUT2D eigenvalue weighted by Crippen LogP contribution is 2.26. The maximum absolute atomic E-state index is 12.5. The smallest absolute Gasteiger partial charge is 0.343 e. The van der Waals surface area contributed by atoms with Crippen molar-refractivity contribution in [3.63, 3.8) is 0 Å². The van der Waals surface area contributed by atoms with Crippen LogP contribution in [0.25, 0.3) is 22.3 Å². The van der Waals surface area contributed by atoms with E-state index in [4.69, 9.17) is 20.8 Å². The van der Waals surface area contributed by atoms with Gasteiger partial charge in [0.2, 0.25) is 0 Å². The Labute approximate surface area is 158 Å². The number of rotatable bonds is 3. The van der Waals surface area contributed by atoms with Crippen LogP contribution < -0.4 is 10.2 Å². The lowest BCUT2D eigenvalue weighted by atomic mass is 10.1. The van der Waals surface area contributed by atoms with Gasteiger partial charge in [0.1, 0.15) is 17.1 Å². The minimum Gasteiger partial charge on any atom is -0.456 e. The predicted octanol–water partition coefficient (Wildman–Crippen LogP) is 4.73. The molecule has 0 spiro atoms. The fourth-order valence-electron chi connectivity index (χ4n) is 2.61. The summed E-state index contributed by atoms with van der Waals surface area (Å²) in [6.07, 6.45) is 3.01. The maximum Gasteiger partial charge on any atom is 0.343 e. The van der Waals surface area contributed by atoms with Gasteiger partial charge < -0.3 is 9.15 Å². The molecule has 0 aliphatic heterocycles. The van der Waals surface area contributed by atoms with Gasteiger partial charge in [0.05, 0.1) is 10.9 Å². The van der Waals surface area contributed by atoms with Crippen molar-refractivity contribution in [2.45, 2.75) is 0 Å². The number of ether oxygens (including phenoxy) is 1. The number of aromatic nitrogens is 1. The molecule has 5 nitrogen and oxygen atoms in total. The molecule has 0 fully saturated rings. The quantitative estimate of drug-likeness (QED) is 0.381. The van der Waals surface area contributed by atoms with Crippen LogP contribution in [0, 0.1) is 0 Å². The summed E-state index contributed by atoms with van der Waals surface area (Å²) in [6.45, 7) is 0. The Morgan fingerprint density at radius 1 is 0.963 bits per heavy atom. The van der Waals surface area contributed by atoms with E-state index in [0.717, 1.165) is 5.56 Å². The summed E-state index contributed by atoms with van der Waals surface area (Å²) < 4.78 is 11.2. The van der Waals surface area contributed by atoms with Crippen molar-refractivity contribution in [1.82, 2.24) is 4.98 Å². The van der Waals surface area contributed by atoms with Crippen molar-refractivity contribution in [1.29, 1.82) is 0 Å². The van der Waals surface area contributed by atoms with Crippen LogP contribution in [0.15, 0.2) is 82.3 Å². The molecule has 4 aromatic rings. The van der Waals surface area contributed by atoms with E-state index in [2.05, 4.69) is 4.98 Å². The van der Waals surface area contributed by atoms with Crippen LogP contribution in [0.2, 0.25) is 5.02 Å². The monoisotopic (exact) mass is 377 g/mol. The van der Waals surface area contributed by atoms with E-state index in [0.29, 0.717) is 27.3 Å². The minimum atomic E-state index is -0.529. The van der Waals surface area contributed by atoms with E-state index < -0.39 is 5.97 Å². The number of nitrogens with zero attached hydrogens (tertiary/aromatic N) is 1. The molecule has 0 unspecified atom stereocenters. The van der Waals surface area contributed by atoms with Crippen LogP contribution in [0.1, 0.15) is 10.4 Å². The third-order valence-corrected chi connectivity index (χ3v) is 4.21. The molecule has 0 radical (unpaired) electrons. The molecule has 0 saturated carbocycles. The van der Waals surface area contributed by atoms with Gasteiger partial charge in [-0.25, -0.2) is 4.79 Å². The average Bonchev–Trinajstić information content (AvgIpc) is 2.69. The first-order chi connectivity index (χ1) is 13.1. The number of benzene rings is 2. The van der Waals surface area contributed by atoms with Gasteiger partial charge in [-0.1, -0.05) is 11.6 Å². The van der Waals surface area contributed by atoms with Gasteiger partial charge in [0.25, 0.3) is 0 Å². The molecular formula is C21H12ClNO4. The topological polar surface area (TPSA) is 69.4 Å². The zero-order valence-electron chi connectivity index (χ0n) is 13.9. The number of hydrogen-bond donors (Lipinski definition) is 0. The van der Waals surface area contributed by atoms with Crippen LogP contribution in [0.4, 0.5) is 0 Å². The highest BCUT2D eigenvalue weighted by atomic mass is 35.5. The number of esters is 1. The molecule has 0 N–H and O–H groups in total. The van der Waals surface area contributed by atoms with E-state index >= 15 is 0 Å². The fraction of sp³-hybridized carbons (Fsp3) is 0. The first kappa shape index (κ1) is 17.0. The molecule has 27 heavy (non-hydrogen) atoms. The summed E-state index contributed by atoms with van der Waals surface area (Å²) in [6, 6.07) is 16.2. The highest BCUT2D eigenvalue weighted by molar-refractivity contribution is 6.30. The maximum atomic E-state index is 12.5. The van der Waals surface area contributed by atoms with Gasteiger partial charge in [-0.3, -0.25) is 9.78 Å². The summed E-state index contributed by atoms with van der Waals surface area (Å²) in [7, 11) is 0. The van der Waals surface area contributed by atoms with Crippen LogP contribution >= 0.6 is 11.6 Å². The lowest BCUT2D eigenvalue weighted by molar-refractivity contribution is 0.0735. The number of halogens is 1. The molecule has 0 amide bonds. The number of carbonyl (C=O) groups is 1. The van der Waals surface area contributed by atoms with Crippen molar-refractivity contribution >= 4 is 28.5 Å². The molecule has 132 valence electrons. The van der Waals surface area contributed by atoms with Gasteiger partial charge >= 0.3 is 5.97 Å². The summed E-state index contributed by atoms with van der Waals surface area (Å²) in [5, 5.41) is 0.926. The Bertz CT molecular complexity index is 1180. The number of pyridine rings is 1. The summed E-state index contributed by atoms with van der Waals surface area (Å²) in [4.78, 5) is 28.5. The molecular weight excluding hydrogens is 366 g/mol. The third kappa shape index (κ3) is 3.59. The van der Waals surface area contributed by atoms with Crippen molar-refractivity contribution < 1.29 is 13.9 Å². The van der Waals surface area contributed by atoms with Crippen LogP contribution in [0.3, 0.4) is 0 Å². The van der Waals surface area contributed by atoms with Crippen molar-refractivity contribution in [2.24, 2.45) is 0 Å². The second kappa shape index (κ2) is 7.05. The lowest BCUT2D eigenvalue weighted by Crippen LogP contribution is -2.09. The molecule has 2 heterocycles. The number of carbonyl (C=O) groups excluding carboxylic acids is 1. The van der Waals surface area contributed by atoms with Gasteiger partial charge in [-0.05, 0) is 54.6 Å². The van der Waals surface area contributed by atoms with Crippen molar-refractivity contribution in [3.05, 3.63) is 93.9 Å². The van der Waals surface area contributed by atoms with E-state index in [1.54, 1.807) is 48.5 Å². The van der Waals surface area contributed by atoms with E-state index in [1.165, 1.54) is 24.5 Å². The largest absolute Gasteiger partial charge is 0.456 e. The molecule has 2 aromatic carbocycles. The number of fused-ring (bicyclic) bond motifs is 1. The SMILES string of the molecule is O=C(Oc1ccc2oc(-c3ccc(Cl)cc3)cc(=O)c2c1)c1ccncc1. The van der Waals surface area contributed by atoms with Crippen LogP contribution in [-0.2, 0) is 0 Å². The summed E-state index contributed by atoms with van der Waals surface area (Å²) in [5.41, 5.74) is 1.28. The highest BCUT2D eigenvalue weighted by Gasteiger charge is 2.12. The first-order valence-electron chi connectivity index (χ1n) is 8.06. The molecule has 6 heteroatoms. The first-order valence-corrected chi connectivity index (χ1v) is 8.44. The third-order valence-electron chi connectivity index (χ3n) is 3.95. The van der Waals surface area contributed by atoms with Crippen molar-refractivity contribution in [3.8, 4) is 17.1 Å². The molecule has 0 atom stereocenters. The Morgan fingerprint density at radius 2 is 1.70 bits per heavy atom. The molecule has 0 saturated heterocycles. The predicted molar refractivity (Wildman–Crippen MR) is 102 cm³/mol. The van der Waals surface area contributed by atoms with E-state index in [-0.39, 0.29) is 11.2 Å². The van der Waals surface area contributed by atoms with Crippen LogP contribution in [0.5, 0.6) is 5.75 Å². The standard InChI is InChI=1S/C21H12ClNO4/c22-15-3-1-13(2-4-15)20-12-18(24)17-11-16(5-6-19(17)27-20)26-21(25)14-7-9-23-10-8-14/h1-12H. The second-order valence-corrected chi connectivity index (χ2v) is 6.20. The van der Waals surface area contributed by atoms with E-state index in [9.17, 15) is 9.59 Å². The summed E-state index contributed by atoms with van der Waals surface area (Å²) in [5.74, 6) is 0.167. The average molecular weight is 378 g/mol. The Balaban J connectivity index is 1.68.